The van der Waals surface area contributed by atoms with Gasteiger partial charge in [-0.15, -0.1) is 0 Å². The molecule has 2 aliphatic rings. The molecule has 4 atom stereocenters. The summed E-state index contributed by atoms with van der Waals surface area (Å²) < 4.78 is 11.5. The van der Waals surface area contributed by atoms with Crippen LogP contribution in [0.2, 0.25) is 0 Å². The van der Waals surface area contributed by atoms with Crippen molar-refractivity contribution in [3.05, 3.63) is 24.0 Å². The molecule has 4 unspecified atom stereocenters. The van der Waals surface area contributed by atoms with Gasteiger partial charge >= 0.3 is 0 Å². The molecule has 1 aromatic rings. The molecule has 0 aromatic carbocycles. The van der Waals surface area contributed by atoms with Gasteiger partial charge in [0.05, 0.1) is 25.0 Å². The summed E-state index contributed by atoms with van der Waals surface area (Å²) in [5.74, 6) is 1.41. The normalized spacial score (nSPS) is 30.5. The first-order valence-corrected chi connectivity index (χ1v) is 7.22. The van der Waals surface area contributed by atoms with Crippen molar-refractivity contribution < 1.29 is 9.47 Å². The SMILES string of the molecule is CCOc1cncc(C(NC)C2CC3CCC2O3)c1. The van der Waals surface area contributed by atoms with Crippen molar-refractivity contribution in [1.82, 2.24) is 10.3 Å². The molecule has 1 N–H and O–H groups in total. The number of pyridine rings is 1. The van der Waals surface area contributed by atoms with E-state index >= 15 is 0 Å². The Kier molecular flexibility index (Phi) is 3.71. The second-order valence-corrected chi connectivity index (χ2v) is 5.43. The molecular weight excluding hydrogens is 240 g/mol. The summed E-state index contributed by atoms with van der Waals surface area (Å²) in [5.41, 5.74) is 1.20. The van der Waals surface area contributed by atoms with Gasteiger partial charge in [0.1, 0.15) is 5.75 Å². The van der Waals surface area contributed by atoms with E-state index in [1.165, 1.54) is 18.4 Å². The molecular formula is C15H22N2O2. The van der Waals surface area contributed by atoms with Crippen LogP contribution in [0.25, 0.3) is 0 Å². The Hall–Kier alpha value is -1.13. The first-order valence-electron chi connectivity index (χ1n) is 7.22. The van der Waals surface area contributed by atoms with E-state index in [1.54, 1.807) is 6.20 Å². The highest BCUT2D eigenvalue weighted by atomic mass is 16.5. The monoisotopic (exact) mass is 262 g/mol. The van der Waals surface area contributed by atoms with Crippen molar-refractivity contribution in [2.75, 3.05) is 13.7 Å². The quantitative estimate of drug-likeness (QED) is 0.884. The van der Waals surface area contributed by atoms with Gasteiger partial charge < -0.3 is 14.8 Å². The maximum absolute atomic E-state index is 5.98. The van der Waals surface area contributed by atoms with E-state index < -0.39 is 0 Å². The summed E-state index contributed by atoms with van der Waals surface area (Å²) in [6.45, 7) is 2.67. The Balaban J connectivity index is 1.80. The summed E-state index contributed by atoms with van der Waals surface area (Å²) in [4.78, 5) is 4.30. The molecule has 3 heterocycles. The van der Waals surface area contributed by atoms with Crippen LogP contribution >= 0.6 is 0 Å². The topological polar surface area (TPSA) is 43.4 Å². The Labute approximate surface area is 114 Å². The summed E-state index contributed by atoms with van der Waals surface area (Å²) >= 11 is 0. The lowest BCUT2D eigenvalue weighted by atomic mass is 9.81. The highest BCUT2D eigenvalue weighted by molar-refractivity contribution is 5.27. The number of hydrogen-bond donors (Lipinski definition) is 1. The molecule has 2 bridgehead atoms. The minimum absolute atomic E-state index is 0.309. The average molecular weight is 262 g/mol. The molecule has 2 fully saturated rings. The third-order valence-corrected chi connectivity index (χ3v) is 4.30. The summed E-state index contributed by atoms with van der Waals surface area (Å²) in [6.07, 6.45) is 8.20. The van der Waals surface area contributed by atoms with Crippen LogP contribution in [0.4, 0.5) is 0 Å². The summed E-state index contributed by atoms with van der Waals surface area (Å²) in [7, 11) is 2.02. The second kappa shape index (κ2) is 5.47. The van der Waals surface area contributed by atoms with Crippen molar-refractivity contribution in [2.24, 2.45) is 5.92 Å². The van der Waals surface area contributed by atoms with Gasteiger partial charge in [-0.1, -0.05) is 0 Å². The number of hydrogen-bond acceptors (Lipinski definition) is 4. The molecule has 0 radical (unpaired) electrons. The van der Waals surface area contributed by atoms with E-state index in [2.05, 4.69) is 16.4 Å². The van der Waals surface area contributed by atoms with Gasteiger partial charge in [-0.3, -0.25) is 4.98 Å². The van der Waals surface area contributed by atoms with E-state index in [0.29, 0.717) is 30.8 Å². The first-order chi connectivity index (χ1) is 9.31. The molecule has 1 aromatic heterocycles. The second-order valence-electron chi connectivity index (χ2n) is 5.43. The van der Waals surface area contributed by atoms with Crippen LogP contribution in [-0.4, -0.2) is 30.8 Å². The Morgan fingerprint density at radius 2 is 2.37 bits per heavy atom. The lowest BCUT2D eigenvalue weighted by molar-refractivity contribution is 0.0862. The molecule has 19 heavy (non-hydrogen) atoms. The molecule has 0 saturated carbocycles. The van der Waals surface area contributed by atoms with E-state index in [0.717, 1.165) is 12.2 Å². The standard InChI is InChI=1S/C15H22N2O2/c1-3-18-12-6-10(8-17-9-12)15(16-2)13-7-11-4-5-14(13)19-11/h6,8-9,11,13-16H,3-5,7H2,1-2H3. The lowest BCUT2D eigenvalue weighted by Crippen LogP contribution is -2.31. The molecule has 3 rings (SSSR count). The van der Waals surface area contributed by atoms with Gasteiger partial charge in [-0.25, -0.2) is 0 Å². The highest BCUT2D eigenvalue weighted by Crippen LogP contribution is 2.44. The number of nitrogens with zero attached hydrogens (tertiary/aromatic N) is 1. The van der Waals surface area contributed by atoms with Gasteiger partial charge in [-0.2, -0.15) is 0 Å². The van der Waals surface area contributed by atoms with Crippen molar-refractivity contribution in [2.45, 2.75) is 44.4 Å². The zero-order valence-corrected chi connectivity index (χ0v) is 11.6. The smallest absolute Gasteiger partial charge is 0.137 e. The first kappa shape index (κ1) is 12.9. The predicted octanol–water partition coefficient (Wildman–Crippen LogP) is 2.31. The van der Waals surface area contributed by atoms with Crippen molar-refractivity contribution in [3.8, 4) is 5.75 Å². The Morgan fingerprint density at radius 3 is 3.00 bits per heavy atom. The number of fused-ring (bicyclic) bond motifs is 2. The zero-order valence-electron chi connectivity index (χ0n) is 11.6. The molecule has 0 spiro atoms. The highest BCUT2D eigenvalue weighted by Gasteiger charge is 2.44. The molecule has 2 aliphatic heterocycles. The average Bonchev–Trinajstić information content (AvgIpc) is 3.03. The van der Waals surface area contributed by atoms with Gasteiger partial charge in [0, 0.05) is 18.2 Å². The minimum Gasteiger partial charge on any atom is -0.492 e. The van der Waals surface area contributed by atoms with Gasteiger partial charge in [0.25, 0.3) is 0 Å². The van der Waals surface area contributed by atoms with Gasteiger partial charge in [0.15, 0.2) is 0 Å². The third-order valence-electron chi connectivity index (χ3n) is 4.30. The number of aromatic nitrogens is 1. The van der Waals surface area contributed by atoms with Crippen LogP contribution in [0.15, 0.2) is 18.5 Å². The summed E-state index contributed by atoms with van der Waals surface area (Å²) in [6, 6.07) is 2.41. The van der Waals surface area contributed by atoms with Gasteiger partial charge in [0.2, 0.25) is 0 Å². The fourth-order valence-corrected chi connectivity index (χ4v) is 3.51. The van der Waals surface area contributed by atoms with Crippen LogP contribution in [0.3, 0.4) is 0 Å². The minimum atomic E-state index is 0.309. The largest absolute Gasteiger partial charge is 0.492 e. The number of rotatable bonds is 5. The van der Waals surface area contributed by atoms with Crippen molar-refractivity contribution in [3.63, 3.8) is 0 Å². The lowest BCUT2D eigenvalue weighted by Gasteiger charge is -2.28. The molecule has 0 amide bonds. The maximum Gasteiger partial charge on any atom is 0.137 e. The fraction of sp³-hybridized carbons (Fsp3) is 0.667. The number of ether oxygens (including phenoxy) is 2. The van der Waals surface area contributed by atoms with Crippen molar-refractivity contribution >= 4 is 0 Å². The molecule has 104 valence electrons. The van der Waals surface area contributed by atoms with Crippen LogP contribution < -0.4 is 10.1 Å². The molecule has 4 heteroatoms. The molecule has 2 saturated heterocycles. The van der Waals surface area contributed by atoms with Crippen LogP contribution in [0, 0.1) is 5.92 Å². The fourth-order valence-electron chi connectivity index (χ4n) is 3.51. The summed E-state index contributed by atoms with van der Waals surface area (Å²) in [5, 5.41) is 3.44. The Bertz CT molecular complexity index is 438. The van der Waals surface area contributed by atoms with Gasteiger partial charge in [-0.05, 0) is 44.9 Å². The third kappa shape index (κ3) is 2.47. The van der Waals surface area contributed by atoms with E-state index in [4.69, 9.17) is 9.47 Å². The number of nitrogens with one attached hydrogen (secondary N) is 1. The van der Waals surface area contributed by atoms with E-state index in [-0.39, 0.29) is 0 Å². The zero-order chi connectivity index (χ0) is 13.2. The van der Waals surface area contributed by atoms with Crippen LogP contribution in [0.1, 0.15) is 37.8 Å². The molecule has 0 aliphatic carbocycles. The van der Waals surface area contributed by atoms with Crippen molar-refractivity contribution in [1.29, 1.82) is 0 Å². The van der Waals surface area contributed by atoms with Crippen LogP contribution in [-0.2, 0) is 4.74 Å². The predicted molar refractivity (Wildman–Crippen MR) is 73.2 cm³/mol. The van der Waals surface area contributed by atoms with E-state index in [1.807, 2.05) is 20.2 Å². The molecule has 4 nitrogen and oxygen atoms in total. The van der Waals surface area contributed by atoms with Crippen LogP contribution in [0.5, 0.6) is 5.75 Å². The Morgan fingerprint density at radius 1 is 1.47 bits per heavy atom. The van der Waals surface area contributed by atoms with E-state index in [9.17, 15) is 0 Å². The maximum atomic E-state index is 5.98.